The summed E-state index contributed by atoms with van der Waals surface area (Å²) in [5.74, 6) is 1.54. The van der Waals surface area contributed by atoms with E-state index in [2.05, 4.69) is 27.7 Å². The summed E-state index contributed by atoms with van der Waals surface area (Å²) in [6, 6.07) is 0. The molecule has 0 rings (SSSR count). The summed E-state index contributed by atoms with van der Waals surface area (Å²) in [4.78, 5) is 0. The van der Waals surface area contributed by atoms with Gasteiger partial charge in [0.15, 0.2) is 0 Å². The monoisotopic (exact) mass is 190 g/mol. The zero-order valence-electron chi connectivity index (χ0n) is 8.99. The van der Waals surface area contributed by atoms with Gasteiger partial charge in [-0.15, -0.1) is 11.6 Å². The predicted molar refractivity (Wildman–Crippen MR) is 57.8 cm³/mol. The summed E-state index contributed by atoms with van der Waals surface area (Å²) in [7, 11) is 0. The van der Waals surface area contributed by atoms with Gasteiger partial charge in [0.2, 0.25) is 0 Å². The molecule has 0 bridgehead atoms. The molecule has 0 aromatic carbocycles. The van der Waals surface area contributed by atoms with Crippen LogP contribution in [0.5, 0.6) is 0 Å². The molecule has 0 heterocycles. The SMILES string of the molecule is CCCCC(CC)(CCl)C(C)C. The first-order valence-corrected chi connectivity index (χ1v) is 5.72. The van der Waals surface area contributed by atoms with E-state index in [9.17, 15) is 0 Å². The van der Waals surface area contributed by atoms with Gasteiger partial charge in [-0.3, -0.25) is 0 Å². The fourth-order valence-electron chi connectivity index (χ4n) is 1.72. The van der Waals surface area contributed by atoms with Crippen molar-refractivity contribution in [3.8, 4) is 0 Å². The molecule has 74 valence electrons. The van der Waals surface area contributed by atoms with Gasteiger partial charge < -0.3 is 0 Å². The van der Waals surface area contributed by atoms with Gasteiger partial charge in [-0.1, -0.05) is 40.5 Å². The van der Waals surface area contributed by atoms with Crippen molar-refractivity contribution in [2.24, 2.45) is 11.3 Å². The minimum Gasteiger partial charge on any atom is -0.126 e. The van der Waals surface area contributed by atoms with Gasteiger partial charge in [0.1, 0.15) is 0 Å². The first-order chi connectivity index (χ1) is 5.63. The van der Waals surface area contributed by atoms with Crippen LogP contribution in [0.15, 0.2) is 0 Å². The van der Waals surface area contributed by atoms with Crippen LogP contribution in [0.3, 0.4) is 0 Å². The van der Waals surface area contributed by atoms with E-state index >= 15 is 0 Å². The Bertz CT molecular complexity index is 104. The molecule has 1 unspecified atom stereocenters. The maximum absolute atomic E-state index is 6.06. The number of alkyl halides is 1. The molecule has 0 nitrogen and oxygen atoms in total. The number of hydrogen-bond acceptors (Lipinski definition) is 0. The van der Waals surface area contributed by atoms with E-state index in [-0.39, 0.29) is 0 Å². The maximum Gasteiger partial charge on any atom is 0.0282 e. The van der Waals surface area contributed by atoms with Crippen molar-refractivity contribution < 1.29 is 0 Å². The lowest BCUT2D eigenvalue weighted by Crippen LogP contribution is -2.28. The van der Waals surface area contributed by atoms with Crippen molar-refractivity contribution in [3.05, 3.63) is 0 Å². The van der Waals surface area contributed by atoms with Crippen LogP contribution in [0.25, 0.3) is 0 Å². The maximum atomic E-state index is 6.06. The van der Waals surface area contributed by atoms with Crippen LogP contribution in [-0.2, 0) is 0 Å². The summed E-state index contributed by atoms with van der Waals surface area (Å²) >= 11 is 6.06. The lowest BCUT2D eigenvalue weighted by Gasteiger charge is -2.35. The van der Waals surface area contributed by atoms with Gasteiger partial charge in [0.25, 0.3) is 0 Å². The van der Waals surface area contributed by atoms with E-state index in [0.29, 0.717) is 11.3 Å². The number of hydrogen-bond donors (Lipinski definition) is 0. The minimum absolute atomic E-state index is 0.400. The average molecular weight is 191 g/mol. The summed E-state index contributed by atoms with van der Waals surface area (Å²) in [6.45, 7) is 9.09. The highest BCUT2D eigenvalue weighted by atomic mass is 35.5. The number of halogens is 1. The van der Waals surface area contributed by atoms with Crippen LogP contribution < -0.4 is 0 Å². The molecular formula is C11H23Cl. The topological polar surface area (TPSA) is 0 Å². The standard InChI is InChI=1S/C11H23Cl/c1-5-7-8-11(6-2,9-12)10(3)4/h10H,5-9H2,1-4H3. The van der Waals surface area contributed by atoms with Crippen molar-refractivity contribution in [3.63, 3.8) is 0 Å². The molecule has 0 N–H and O–H groups in total. The number of rotatable bonds is 6. The zero-order chi connectivity index (χ0) is 9.61. The lowest BCUT2D eigenvalue weighted by molar-refractivity contribution is 0.190. The van der Waals surface area contributed by atoms with Crippen molar-refractivity contribution in [2.45, 2.75) is 53.4 Å². The van der Waals surface area contributed by atoms with Crippen LogP contribution in [-0.4, -0.2) is 5.88 Å². The Balaban J connectivity index is 4.15. The van der Waals surface area contributed by atoms with Gasteiger partial charge in [0.05, 0.1) is 0 Å². The van der Waals surface area contributed by atoms with Crippen molar-refractivity contribution in [1.82, 2.24) is 0 Å². The number of unbranched alkanes of at least 4 members (excludes halogenated alkanes) is 1. The second-order valence-corrected chi connectivity index (χ2v) is 4.38. The Hall–Kier alpha value is 0.290. The van der Waals surface area contributed by atoms with Crippen molar-refractivity contribution >= 4 is 11.6 Å². The smallest absolute Gasteiger partial charge is 0.0282 e. The van der Waals surface area contributed by atoms with Gasteiger partial charge in [0, 0.05) is 5.88 Å². The molecule has 1 atom stereocenters. The first kappa shape index (κ1) is 12.3. The van der Waals surface area contributed by atoms with Gasteiger partial charge in [-0.05, 0) is 24.2 Å². The molecular weight excluding hydrogens is 168 g/mol. The Morgan fingerprint density at radius 2 is 1.83 bits per heavy atom. The van der Waals surface area contributed by atoms with Crippen LogP contribution in [0.2, 0.25) is 0 Å². The van der Waals surface area contributed by atoms with E-state index in [1.54, 1.807) is 0 Å². The molecule has 0 fully saturated rings. The lowest BCUT2D eigenvalue weighted by atomic mass is 9.73. The molecule has 12 heavy (non-hydrogen) atoms. The molecule has 0 aliphatic rings. The normalized spacial score (nSPS) is 16.5. The van der Waals surface area contributed by atoms with Gasteiger partial charge in [-0.25, -0.2) is 0 Å². The van der Waals surface area contributed by atoms with Crippen LogP contribution >= 0.6 is 11.6 Å². The molecule has 0 aromatic rings. The largest absolute Gasteiger partial charge is 0.126 e. The molecule has 0 aliphatic carbocycles. The molecule has 0 amide bonds. The van der Waals surface area contributed by atoms with Gasteiger partial charge in [-0.2, -0.15) is 0 Å². The van der Waals surface area contributed by atoms with Crippen molar-refractivity contribution in [2.75, 3.05) is 5.88 Å². The third-order valence-electron chi connectivity index (χ3n) is 3.22. The molecule has 0 aliphatic heterocycles. The zero-order valence-corrected chi connectivity index (χ0v) is 9.75. The Kier molecular flexibility index (Phi) is 6.00. The summed E-state index contributed by atoms with van der Waals surface area (Å²) in [5.41, 5.74) is 0.400. The summed E-state index contributed by atoms with van der Waals surface area (Å²) in [5, 5.41) is 0. The molecule has 0 aromatic heterocycles. The van der Waals surface area contributed by atoms with E-state index < -0.39 is 0 Å². The van der Waals surface area contributed by atoms with Crippen LogP contribution in [0.1, 0.15) is 53.4 Å². The average Bonchev–Trinajstić information content (AvgIpc) is 2.07. The van der Waals surface area contributed by atoms with Crippen LogP contribution in [0.4, 0.5) is 0 Å². The second-order valence-electron chi connectivity index (χ2n) is 4.11. The summed E-state index contributed by atoms with van der Waals surface area (Å²) < 4.78 is 0. The van der Waals surface area contributed by atoms with Gasteiger partial charge >= 0.3 is 0 Å². The second kappa shape index (κ2) is 5.85. The first-order valence-electron chi connectivity index (χ1n) is 5.19. The predicted octanol–water partition coefficient (Wildman–Crippen LogP) is 4.47. The molecule has 0 saturated heterocycles. The highest BCUT2D eigenvalue weighted by Gasteiger charge is 2.29. The fraction of sp³-hybridized carbons (Fsp3) is 1.00. The van der Waals surface area contributed by atoms with E-state index in [0.717, 1.165) is 5.88 Å². The third kappa shape index (κ3) is 2.97. The minimum atomic E-state index is 0.400. The van der Waals surface area contributed by atoms with E-state index in [1.807, 2.05) is 0 Å². The molecule has 0 radical (unpaired) electrons. The summed E-state index contributed by atoms with van der Waals surface area (Å²) in [6.07, 6.45) is 5.11. The van der Waals surface area contributed by atoms with E-state index in [1.165, 1.54) is 25.7 Å². The molecule has 0 saturated carbocycles. The third-order valence-corrected chi connectivity index (χ3v) is 3.76. The highest BCUT2D eigenvalue weighted by Crippen LogP contribution is 2.37. The fourth-order valence-corrected chi connectivity index (χ4v) is 2.35. The Morgan fingerprint density at radius 1 is 1.25 bits per heavy atom. The molecule has 1 heteroatoms. The van der Waals surface area contributed by atoms with Crippen molar-refractivity contribution in [1.29, 1.82) is 0 Å². The van der Waals surface area contributed by atoms with E-state index in [4.69, 9.17) is 11.6 Å². The Labute approximate surface area is 82.7 Å². The molecule has 0 spiro atoms. The highest BCUT2D eigenvalue weighted by molar-refractivity contribution is 6.18. The Morgan fingerprint density at radius 3 is 2.08 bits per heavy atom. The van der Waals surface area contributed by atoms with Crippen LogP contribution in [0, 0.1) is 11.3 Å². The quantitative estimate of drug-likeness (QED) is 0.543.